The van der Waals surface area contributed by atoms with Gasteiger partial charge in [0.15, 0.2) is 0 Å². The van der Waals surface area contributed by atoms with Crippen LogP contribution in [0.15, 0.2) is 46.9 Å². The molecule has 0 aromatic heterocycles. The van der Waals surface area contributed by atoms with E-state index >= 15 is 0 Å². The number of halogens is 1. The van der Waals surface area contributed by atoms with Gasteiger partial charge in [0.2, 0.25) is 0 Å². The molecular weight excluding hydrogens is 278 g/mol. The molecule has 0 radical (unpaired) electrons. The fourth-order valence-electron chi connectivity index (χ4n) is 1.60. The Morgan fingerprint density at radius 1 is 1.12 bits per heavy atom. The minimum Gasteiger partial charge on any atom is -0.457 e. The van der Waals surface area contributed by atoms with Crippen LogP contribution in [0.4, 0.5) is 0 Å². The quantitative estimate of drug-likeness (QED) is 0.927. The molecule has 0 spiro atoms. The van der Waals surface area contributed by atoms with Gasteiger partial charge in [-0.1, -0.05) is 33.6 Å². The van der Waals surface area contributed by atoms with Crippen molar-refractivity contribution in [1.29, 1.82) is 0 Å². The predicted octanol–water partition coefficient (Wildman–Crippen LogP) is 4.01. The largest absolute Gasteiger partial charge is 0.457 e. The Kier molecular flexibility index (Phi) is 3.82. The van der Waals surface area contributed by atoms with Crippen LogP contribution >= 0.6 is 15.9 Å². The summed E-state index contributed by atoms with van der Waals surface area (Å²) in [6, 6.07) is 13.8. The molecule has 2 rings (SSSR count). The summed E-state index contributed by atoms with van der Waals surface area (Å²) in [7, 11) is 0. The molecule has 2 nitrogen and oxygen atoms in total. The van der Waals surface area contributed by atoms with Gasteiger partial charge in [0.25, 0.3) is 0 Å². The fraction of sp³-hybridized carbons (Fsp3) is 0.143. The van der Waals surface area contributed by atoms with Crippen molar-refractivity contribution in [2.45, 2.75) is 13.5 Å². The van der Waals surface area contributed by atoms with Crippen LogP contribution in [0.5, 0.6) is 11.5 Å². The van der Waals surface area contributed by atoms with Crippen molar-refractivity contribution in [1.82, 2.24) is 0 Å². The van der Waals surface area contributed by atoms with Crippen LogP contribution in [0.1, 0.15) is 11.1 Å². The van der Waals surface area contributed by atoms with E-state index in [4.69, 9.17) is 10.5 Å². The van der Waals surface area contributed by atoms with Crippen LogP contribution in [-0.2, 0) is 6.54 Å². The number of nitrogens with two attached hydrogens (primary N) is 1. The van der Waals surface area contributed by atoms with Crippen molar-refractivity contribution in [3.05, 3.63) is 58.1 Å². The van der Waals surface area contributed by atoms with Gasteiger partial charge in [0.1, 0.15) is 11.5 Å². The number of rotatable bonds is 3. The lowest BCUT2D eigenvalue weighted by Crippen LogP contribution is -1.99. The number of ether oxygens (including phenoxy) is 1. The molecule has 0 unspecified atom stereocenters. The second-order valence-corrected chi connectivity index (χ2v) is 4.79. The maximum absolute atomic E-state index is 5.81. The van der Waals surface area contributed by atoms with Gasteiger partial charge in [0.05, 0.1) is 0 Å². The highest BCUT2D eigenvalue weighted by Crippen LogP contribution is 2.27. The minimum absolute atomic E-state index is 0.480. The van der Waals surface area contributed by atoms with Crippen molar-refractivity contribution >= 4 is 15.9 Å². The molecule has 2 aromatic rings. The molecule has 2 N–H and O–H groups in total. The van der Waals surface area contributed by atoms with E-state index in [1.807, 2.05) is 49.4 Å². The third-order valence-electron chi connectivity index (χ3n) is 2.48. The number of benzene rings is 2. The Hall–Kier alpha value is -1.32. The van der Waals surface area contributed by atoms with Crippen molar-refractivity contribution in [2.24, 2.45) is 5.73 Å². The molecule has 88 valence electrons. The van der Waals surface area contributed by atoms with Crippen LogP contribution in [0.25, 0.3) is 0 Å². The van der Waals surface area contributed by atoms with Crippen LogP contribution in [0.2, 0.25) is 0 Å². The third kappa shape index (κ3) is 3.08. The maximum atomic E-state index is 5.81. The highest BCUT2D eigenvalue weighted by molar-refractivity contribution is 9.10. The molecule has 0 aliphatic heterocycles. The summed E-state index contributed by atoms with van der Waals surface area (Å²) in [5.41, 5.74) is 7.92. The lowest BCUT2D eigenvalue weighted by atomic mass is 10.1. The molecular formula is C14H14BrNO. The first kappa shape index (κ1) is 12.1. The fourth-order valence-corrected chi connectivity index (χ4v) is 1.86. The van der Waals surface area contributed by atoms with Gasteiger partial charge in [-0.05, 0) is 37.3 Å². The van der Waals surface area contributed by atoms with E-state index in [1.54, 1.807) is 0 Å². The molecule has 0 aliphatic carbocycles. The highest BCUT2D eigenvalue weighted by Gasteiger charge is 2.03. The molecule has 0 amide bonds. The maximum Gasteiger partial charge on any atom is 0.131 e. The number of hydrogen-bond donors (Lipinski definition) is 1. The lowest BCUT2D eigenvalue weighted by Gasteiger charge is -2.10. The first-order valence-corrected chi connectivity index (χ1v) is 6.21. The first-order valence-electron chi connectivity index (χ1n) is 5.42. The molecule has 17 heavy (non-hydrogen) atoms. The standard InChI is InChI=1S/C14H14BrNO/c1-10-2-7-14(11(8-10)9-16)17-13-5-3-12(15)4-6-13/h2-8H,9,16H2,1H3. The third-order valence-corrected chi connectivity index (χ3v) is 3.01. The molecule has 0 bridgehead atoms. The molecule has 0 aliphatic rings. The SMILES string of the molecule is Cc1ccc(Oc2ccc(Br)cc2)c(CN)c1. The summed E-state index contributed by atoms with van der Waals surface area (Å²) < 4.78 is 6.84. The van der Waals surface area contributed by atoms with Gasteiger partial charge in [-0.2, -0.15) is 0 Å². The normalized spacial score (nSPS) is 10.3. The predicted molar refractivity (Wildman–Crippen MR) is 73.3 cm³/mol. The van der Waals surface area contributed by atoms with Gasteiger partial charge in [-0.3, -0.25) is 0 Å². The zero-order chi connectivity index (χ0) is 12.3. The summed E-state index contributed by atoms with van der Waals surface area (Å²) in [6.45, 7) is 2.52. The summed E-state index contributed by atoms with van der Waals surface area (Å²) >= 11 is 3.39. The van der Waals surface area contributed by atoms with Gasteiger partial charge in [-0.25, -0.2) is 0 Å². The topological polar surface area (TPSA) is 35.2 Å². The van der Waals surface area contributed by atoms with E-state index in [-0.39, 0.29) is 0 Å². The Bertz CT molecular complexity index is 508. The molecule has 2 aromatic carbocycles. The lowest BCUT2D eigenvalue weighted by molar-refractivity contribution is 0.476. The molecule has 0 saturated heterocycles. The zero-order valence-corrected chi connectivity index (χ0v) is 11.2. The Balaban J connectivity index is 2.26. The van der Waals surface area contributed by atoms with Crippen LogP contribution in [0, 0.1) is 6.92 Å². The zero-order valence-electron chi connectivity index (χ0n) is 9.61. The Labute approximate surface area is 110 Å². The van der Waals surface area contributed by atoms with Gasteiger partial charge >= 0.3 is 0 Å². The van der Waals surface area contributed by atoms with E-state index < -0.39 is 0 Å². The summed E-state index contributed by atoms with van der Waals surface area (Å²) in [4.78, 5) is 0. The summed E-state index contributed by atoms with van der Waals surface area (Å²) in [5, 5.41) is 0. The summed E-state index contributed by atoms with van der Waals surface area (Å²) in [6.07, 6.45) is 0. The van der Waals surface area contributed by atoms with E-state index in [9.17, 15) is 0 Å². The smallest absolute Gasteiger partial charge is 0.131 e. The van der Waals surface area contributed by atoms with E-state index in [0.29, 0.717) is 6.54 Å². The second kappa shape index (κ2) is 5.34. The van der Waals surface area contributed by atoms with Gasteiger partial charge < -0.3 is 10.5 Å². The molecule has 0 saturated carbocycles. The van der Waals surface area contributed by atoms with Crippen LogP contribution in [-0.4, -0.2) is 0 Å². The van der Waals surface area contributed by atoms with E-state index in [2.05, 4.69) is 15.9 Å². The van der Waals surface area contributed by atoms with Crippen LogP contribution in [0.3, 0.4) is 0 Å². The highest BCUT2D eigenvalue weighted by atomic mass is 79.9. The van der Waals surface area contributed by atoms with E-state index in [1.165, 1.54) is 5.56 Å². The van der Waals surface area contributed by atoms with Gasteiger partial charge in [-0.15, -0.1) is 0 Å². The molecule has 0 fully saturated rings. The second-order valence-electron chi connectivity index (χ2n) is 3.87. The average Bonchev–Trinajstić information content (AvgIpc) is 2.34. The Morgan fingerprint density at radius 3 is 2.47 bits per heavy atom. The van der Waals surface area contributed by atoms with Crippen molar-refractivity contribution < 1.29 is 4.74 Å². The summed E-state index contributed by atoms with van der Waals surface area (Å²) in [5.74, 6) is 1.63. The van der Waals surface area contributed by atoms with E-state index in [0.717, 1.165) is 21.5 Å². The molecule has 0 atom stereocenters. The van der Waals surface area contributed by atoms with Crippen molar-refractivity contribution in [2.75, 3.05) is 0 Å². The number of aryl methyl sites for hydroxylation is 1. The Morgan fingerprint density at radius 2 is 1.82 bits per heavy atom. The minimum atomic E-state index is 0.480. The first-order chi connectivity index (χ1) is 8.19. The molecule has 0 heterocycles. The average molecular weight is 292 g/mol. The number of hydrogen-bond acceptors (Lipinski definition) is 2. The monoisotopic (exact) mass is 291 g/mol. The van der Waals surface area contributed by atoms with Gasteiger partial charge in [0, 0.05) is 16.6 Å². The van der Waals surface area contributed by atoms with Crippen molar-refractivity contribution in [3.63, 3.8) is 0 Å². The molecule has 3 heteroatoms. The van der Waals surface area contributed by atoms with Crippen molar-refractivity contribution in [3.8, 4) is 11.5 Å². The van der Waals surface area contributed by atoms with Crippen LogP contribution < -0.4 is 10.5 Å².